The van der Waals surface area contributed by atoms with Crippen molar-refractivity contribution in [3.63, 3.8) is 0 Å². The van der Waals surface area contributed by atoms with Crippen molar-refractivity contribution in [1.82, 2.24) is 4.98 Å². The molecule has 132 valence electrons. The molecule has 1 aliphatic rings. The molecule has 0 radical (unpaired) electrons. The summed E-state index contributed by atoms with van der Waals surface area (Å²) >= 11 is 1.51. The Balaban J connectivity index is 2.01. The van der Waals surface area contributed by atoms with Crippen molar-refractivity contribution in [2.24, 2.45) is 0 Å². The van der Waals surface area contributed by atoms with Crippen LogP contribution >= 0.6 is 11.3 Å². The quantitative estimate of drug-likeness (QED) is 0.683. The molecule has 5 nitrogen and oxygen atoms in total. The second-order valence-electron chi connectivity index (χ2n) is 6.07. The summed E-state index contributed by atoms with van der Waals surface area (Å²) in [6.45, 7) is 1.75. The molecule has 7 heteroatoms. The van der Waals surface area contributed by atoms with Gasteiger partial charge in [-0.3, -0.25) is 4.79 Å². The molecule has 4 rings (SSSR count). The minimum atomic E-state index is -0.797. The van der Waals surface area contributed by atoms with Gasteiger partial charge in [0.1, 0.15) is 5.82 Å². The molecule has 3 aromatic rings. The molecule has 1 amide bonds. The second kappa shape index (κ2) is 6.10. The summed E-state index contributed by atoms with van der Waals surface area (Å²) in [6, 6.07) is 6.06. The molecule has 0 unspecified atom stereocenters. The molecular formula is C19H15FN2O3S. The number of carbonyl (C=O) groups excluding carboxylic acids is 2. The number of ether oxygens (including phenoxy) is 1. The minimum absolute atomic E-state index is 0.300. The molecule has 0 aliphatic carbocycles. The van der Waals surface area contributed by atoms with E-state index in [-0.39, 0.29) is 5.91 Å². The van der Waals surface area contributed by atoms with E-state index < -0.39 is 17.7 Å². The van der Waals surface area contributed by atoms with Crippen LogP contribution < -0.4 is 5.32 Å². The van der Waals surface area contributed by atoms with E-state index in [1.54, 1.807) is 6.92 Å². The summed E-state index contributed by atoms with van der Waals surface area (Å²) in [4.78, 5) is 28.4. The topological polar surface area (TPSA) is 71.2 Å². The predicted molar refractivity (Wildman–Crippen MR) is 97.1 cm³/mol. The highest BCUT2D eigenvalue weighted by Gasteiger charge is 2.39. The molecule has 0 saturated heterocycles. The number of carbonyl (C=O) groups is 2. The predicted octanol–water partition coefficient (Wildman–Crippen LogP) is 4.06. The second-order valence-corrected chi connectivity index (χ2v) is 6.85. The first-order valence-electron chi connectivity index (χ1n) is 7.95. The summed E-state index contributed by atoms with van der Waals surface area (Å²) in [5.74, 6) is -2.07. The number of methoxy groups -OCH3 is 1. The van der Waals surface area contributed by atoms with Crippen LogP contribution in [-0.4, -0.2) is 24.0 Å². The summed E-state index contributed by atoms with van der Waals surface area (Å²) in [5, 5.41) is 6.61. The Labute approximate surface area is 152 Å². The average Bonchev–Trinajstić information content (AvgIpc) is 3.31. The van der Waals surface area contributed by atoms with Crippen LogP contribution in [0.1, 0.15) is 33.1 Å². The highest BCUT2D eigenvalue weighted by molar-refractivity contribution is 7.08. The van der Waals surface area contributed by atoms with Gasteiger partial charge in [0, 0.05) is 27.9 Å². The number of hydrogen-bond donors (Lipinski definition) is 2. The lowest BCUT2D eigenvalue weighted by Gasteiger charge is -2.13. The minimum Gasteiger partial charge on any atom is -0.465 e. The molecule has 2 N–H and O–H groups in total. The van der Waals surface area contributed by atoms with Gasteiger partial charge in [-0.05, 0) is 42.1 Å². The monoisotopic (exact) mass is 370 g/mol. The van der Waals surface area contributed by atoms with E-state index >= 15 is 0 Å². The van der Waals surface area contributed by atoms with E-state index in [1.165, 1.54) is 36.6 Å². The Bertz CT molecular complexity index is 1020. The third-order valence-electron chi connectivity index (χ3n) is 4.56. The SMILES string of the molecule is COC(=O)c1c(C)[nH]c(-c2ccsc2)c1[C@@H]1C(=O)Nc2ccc(F)cc21. The van der Waals surface area contributed by atoms with Crippen LogP contribution in [0.4, 0.5) is 10.1 Å². The van der Waals surface area contributed by atoms with Crippen molar-refractivity contribution < 1.29 is 18.7 Å². The standard InChI is InChI=1S/C19H15FN2O3S/c1-9-14(19(24)25-2)16(17(21-9)10-5-6-26-8-10)15-12-7-11(20)3-4-13(12)22-18(15)23/h3-8,15,21H,1-2H3,(H,22,23)/t15-/m1/s1. The Morgan fingerprint density at radius 3 is 2.81 bits per heavy atom. The fourth-order valence-corrected chi connectivity index (χ4v) is 4.10. The van der Waals surface area contributed by atoms with E-state index in [2.05, 4.69) is 10.3 Å². The van der Waals surface area contributed by atoms with Crippen molar-refractivity contribution in [2.75, 3.05) is 12.4 Å². The molecule has 1 atom stereocenters. The van der Waals surface area contributed by atoms with Gasteiger partial charge < -0.3 is 15.0 Å². The number of nitrogens with one attached hydrogen (secondary N) is 2. The van der Waals surface area contributed by atoms with Crippen LogP contribution in [0.15, 0.2) is 35.0 Å². The number of halogens is 1. The van der Waals surface area contributed by atoms with E-state index in [9.17, 15) is 14.0 Å². The fourth-order valence-electron chi connectivity index (χ4n) is 3.45. The van der Waals surface area contributed by atoms with Crippen LogP contribution in [-0.2, 0) is 9.53 Å². The molecule has 3 heterocycles. The first-order chi connectivity index (χ1) is 12.5. The zero-order chi connectivity index (χ0) is 18.4. The van der Waals surface area contributed by atoms with Crippen molar-refractivity contribution in [3.8, 4) is 11.3 Å². The maximum atomic E-state index is 13.8. The number of esters is 1. The molecule has 2 aromatic heterocycles. The van der Waals surface area contributed by atoms with Crippen LogP contribution in [0.2, 0.25) is 0 Å². The van der Waals surface area contributed by atoms with E-state index in [1.807, 2.05) is 16.8 Å². The number of fused-ring (bicyclic) bond motifs is 1. The van der Waals surface area contributed by atoms with Gasteiger partial charge in [-0.1, -0.05) is 0 Å². The van der Waals surface area contributed by atoms with Crippen LogP contribution in [0.3, 0.4) is 0 Å². The van der Waals surface area contributed by atoms with Gasteiger partial charge in [0.25, 0.3) is 0 Å². The summed E-state index contributed by atoms with van der Waals surface area (Å²) in [6.07, 6.45) is 0. The van der Waals surface area contributed by atoms with Gasteiger partial charge in [-0.25, -0.2) is 9.18 Å². The molecule has 0 saturated carbocycles. The van der Waals surface area contributed by atoms with Crippen LogP contribution in [0.5, 0.6) is 0 Å². The number of anilines is 1. The smallest absolute Gasteiger partial charge is 0.340 e. The largest absolute Gasteiger partial charge is 0.465 e. The molecule has 0 bridgehead atoms. The zero-order valence-corrected chi connectivity index (χ0v) is 14.9. The number of thiophene rings is 1. The first kappa shape index (κ1) is 16.5. The highest BCUT2D eigenvalue weighted by atomic mass is 32.1. The fraction of sp³-hybridized carbons (Fsp3) is 0.158. The Hall–Kier alpha value is -2.93. The summed E-state index contributed by atoms with van der Waals surface area (Å²) in [5.41, 5.74) is 4.01. The van der Waals surface area contributed by atoms with Gasteiger partial charge >= 0.3 is 5.97 Å². The van der Waals surface area contributed by atoms with Gasteiger partial charge in [-0.2, -0.15) is 11.3 Å². The lowest BCUT2D eigenvalue weighted by atomic mass is 9.88. The molecule has 1 aromatic carbocycles. The van der Waals surface area contributed by atoms with Crippen LogP contribution in [0, 0.1) is 12.7 Å². The number of aromatic nitrogens is 1. The van der Waals surface area contributed by atoms with Gasteiger partial charge in [-0.15, -0.1) is 0 Å². The van der Waals surface area contributed by atoms with Gasteiger partial charge in [0.2, 0.25) is 5.91 Å². The summed E-state index contributed by atoms with van der Waals surface area (Å²) in [7, 11) is 1.30. The number of H-pyrrole nitrogens is 1. The average molecular weight is 370 g/mol. The van der Waals surface area contributed by atoms with Crippen molar-refractivity contribution in [3.05, 3.63) is 63.2 Å². The lowest BCUT2D eigenvalue weighted by Crippen LogP contribution is -2.17. The zero-order valence-electron chi connectivity index (χ0n) is 14.1. The summed E-state index contributed by atoms with van der Waals surface area (Å²) < 4.78 is 18.8. The van der Waals surface area contributed by atoms with Gasteiger partial charge in [0.15, 0.2) is 0 Å². The van der Waals surface area contributed by atoms with Crippen molar-refractivity contribution in [2.45, 2.75) is 12.8 Å². The molecular weight excluding hydrogens is 355 g/mol. The maximum Gasteiger partial charge on any atom is 0.340 e. The highest BCUT2D eigenvalue weighted by Crippen LogP contribution is 2.44. The maximum absolute atomic E-state index is 13.8. The first-order valence-corrected chi connectivity index (χ1v) is 8.89. The van der Waals surface area contributed by atoms with E-state index in [0.717, 1.165) is 5.56 Å². The molecule has 0 fully saturated rings. The van der Waals surface area contributed by atoms with Crippen LogP contribution in [0.25, 0.3) is 11.3 Å². The Morgan fingerprint density at radius 2 is 2.12 bits per heavy atom. The van der Waals surface area contributed by atoms with E-state index in [0.29, 0.717) is 33.8 Å². The molecule has 0 spiro atoms. The third-order valence-corrected chi connectivity index (χ3v) is 5.24. The van der Waals surface area contributed by atoms with E-state index in [4.69, 9.17) is 4.74 Å². The van der Waals surface area contributed by atoms with Gasteiger partial charge in [0.05, 0.1) is 24.3 Å². The number of benzene rings is 1. The third kappa shape index (κ3) is 2.43. The Morgan fingerprint density at radius 1 is 1.31 bits per heavy atom. The normalized spacial score (nSPS) is 15.7. The number of amides is 1. The molecule has 26 heavy (non-hydrogen) atoms. The number of rotatable bonds is 3. The molecule has 1 aliphatic heterocycles. The number of aryl methyl sites for hydroxylation is 1. The lowest BCUT2D eigenvalue weighted by molar-refractivity contribution is -0.116. The number of aromatic amines is 1. The van der Waals surface area contributed by atoms with Crippen molar-refractivity contribution >= 4 is 28.9 Å². The Kier molecular flexibility index (Phi) is 3.88. The van der Waals surface area contributed by atoms with Crippen molar-refractivity contribution in [1.29, 1.82) is 0 Å². The number of hydrogen-bond acceptors (Lipinski definition) is 4.